The average molecular weight is 338 g/mol. The maximum atomic E-state index is 14.8. The Morgan fingerprint density at radius 2 is 1.62 bits per heavy atom. The van der Waals surface area contributed by atoms with Crippen molar-refractivity contribution in [1.29, 1.82) is 0 Å². The topological polar surface area (TPSA) is 0 Å². The van der Waals surface area contributed by atoms with Crippen molar-refractivity contribution in [2.24, 2.45) is 17.8 Å². The zero-order chi connectivity index (χ0) is 17.2. The maximum Gasteiger partial charge on any atom is 0.251 e. The fraction of sp³-hybridized carbons (Fsp3) is 0.714. The zero-order valence-electron chi connectivity index (χ0n) is 14.6. The molecule has 1 aromatic carbocycles. The third-order valence-electron chi connectivity index (χ3n) is 6.39. The Hall–Kier alpha value is -0.990. The summed E-state index contributed by atoms with van der Waals surface area (Å²) < 4.78 is 42.7. The van der Waals surface area contributed by atoms with Crippen LogP contribution in [-0.2, 0) is 0 Å². The number of rotatable bonds is 4. The van der Waals surface area contributed by atoms with Gasteiger partial charge in [-0.25, -0.2) is 13.2 Å². The van der Waals surface area contributed by atoms with Crippen LogP contribution in [0.3, 0.4) is 0 Å². The molecule has 24 heavy (non-hydrogen) atoms. The third-order valence-corrected chi connectivity index (χ3v) is 6.39. The van der Waals surface area contributed by atoms with Crippen LogP contribution in [0.5, 0.6) is 0 Å². The van der Waals surface area contributed by atoms with Crippen molar-refractivity contribution in [3.8, 4) is 0 Å². The molecule has 0 radical (unpaired) electrons. The van der Waals surface area contributed by atoms with Gasteiger partial charge in [0.25, 0.3) is 5.92 Å². The van der Waals surface area contributed by atoms with Gasteiger partial charge in [0.05, 0.1) is 0 Å². The fourth-order valence-corrected chi connectivity index (χ4v) is 5.06. The van der Waals surface area contributed by atoms with Crippen LogP contribution in [0.25, 0.3) is 0 Å². The number of alkyl halides is 2. The van der Waals surface area contributed by atoms with E-state index in [4.69, 9.17) is 0 Å². The van der Waals surface area contributed by atoms with E-state index in [-0.39, 0.29) is 24.1 Å². The van der Waals surface area contributed by atoms with Gasteiger partial charge in [0.2, 0.25) is 0 Å². The molecule has 0 bridgehead atoms. The Labute approximate surface area is 143 Å². The van der Waals surface area contributed by atoms with Gasteiger partial charge in [-0.1, -0.05) is 44.7 Å². The lowest BCUT2D eigenvalue weighted by atomic mass is 9.66. The molecule has 0 aliphatic heterocycles. The molecule has 0 N–H and O–H groups in total. The van der Waals surface area contributed by atoms with E-state index < -0.39 is 11.8 Å². The molecule has 2 atom stereocenters. The molecule has 0 spiro atoms. The van der Waals surface area contributed by atoms with Gasteiger partial charge < -0.3 is 0 Å². The van der Waals surface area contributed by atoms with Crippen molar-refractivity contribution in [3.63, 3.8) is 0 Å². The summed E-state index contributed by atoms with van der Waals surface area (Å²) in [6.07, 6.45) is 8.02. The Morgan fingerprint density at radius 3 is 2.21 bits per heavy atom. The lowest BCUT2D eigenvalue weighted by molar-refractivity contribution is -0.118. The molecule has 2 aliphatic rings. The van der Waals surface area contributed by atoms with E-state index in [2.05, 4.69) is 6.92 Å². The van der Waals surface area contributed by atoms with Crippen LogP contribution in [0.1, 0.15) is 76.2 Å². The molecule has 0 heterocycles. The van der Waals surface area contributed by atoms with Gasteiger partial charge in [-0.3, -0.25) is 0 Å². The van der Waals surface area contributed by atoms with E-state index >= 15 is 0 Å². The summed E-state index contributed by atoms with van der Waals surface area (Å²) in [4.78, 5) is 0. The monoisotopic (exact) mass is 338 g/mol. The van der Waals surface area contributed by atoms with Crippen LogP contribution in [0, 0.1) is 23.6 Å². The number of benzene rings is 1. The molecular weight excluding hydrogens is 309 g/mol. The minimum Gasteiger partial charge on any atom is -0.207 e. The molecule has 0 unspecified atom stereocenters. The van der Waals surface area contributed by atoms with Crippen molar-refractivity contribution in [2.75, 3.05) is 0 Å². The van der Waals surface area contributed by atoms with Crippen LogP contribution >= 0.6 is 0 Å². The summed E-state index contributed by atoms with van der Waals surface area (Å²) in [5.74, 6) is -2.51. The van der Waals surface area contributed by atoms with Crippen LogP contribution < -0.4 is 0 Å². The molecule has 134 valence electrons. The Bertz CT molecular complexity index is 514. The number of halogens is 3. The summed E-state index contributed by atoms with van der Waals surface area (Å²) in [6, 6.07) is 6.11. The summed E-state index contributed by atoms with van der Waals surface area (Å²) in [6.45, 7) is 2.21. The van der Waals surface area contributed by atoms with Gasteiger partial charge in [-0.15, -0.1) is 0 Å². The minimum atomic E-state index is -2.58. The molecule has 2 saturated carbocycles. The van der Waals surface area contributed by atoms with E-state index in [1.54, 1.807) is 12.1 Å². The van der Waals surface area contributed by atoms with Crippen LogP contribution in [0.15, 0.2) is 24.3 Å². The third kappa shape index (κ3) is 3.97. The highest BCUT2D eigenvalue weighted by Gasteiger charge is 2.48. The minimum absolute atomic E-state index is 0.0712. The van der Waals surface area contributed by atoms with E-state index in [0.29, 0.717) is 6.42 Å². The predicted octanol–water partition coefficient (Wildman–Crippen LogP) is 6.95. The van der Waals surface area contributed by atoms with E-state index in [1.165, 1.54) is 25.0 Å². The van der Waals surface area contributed by atoms with Crippen LogP contribution in [0.4, 0.5) is 13.2 Å². The summed E-state index contributed by atoms with van der Waals surface area (Å²) in [7, 11) is 0. The number of hydrogen-bond acceptors (Lipinski definition) is 0. The Morgan fingerprint density at radius 1 is 0.958 bits per heavy atom. The van der Waals surface area contributed by atoms with Gasteiger partial charge in [0, 0.05) is 12.3 Å². The number of hydrogen-bond donors (Lipinski definition) is 0. The largest absolute Gasteiger partial charge is 0.251 e. The molecule has 1 aromatic rings. The molecule has 0 aromatic heterocycles. The molecule has 2 aliphatic carbocycles. The zero-order valence-corrected chi connectivity index (χ0v) is 14.6. The summed E-state index contributed by atoms with van der Waals surface area (Å²) in [5, 5.41) is 0. The highest BCUT2D eigenvalue weighted by Crippen LogP contribution is 2.51. The average Bonchev–Trinajstić information content (AvgIpc) is 2.56. The van der Waals surface area contributed by atoms with Gasteiger partial charge in [0.15, 0.2) is 0 Å². The second kappa shape index (κ2) is 7.49. The van der Waals surface area contributed by atoms with E-state index in [9.17, 15) is 13.2 Å². The van der Waals surface area contributed by atoms with Crippen molar-refractivity contribution in [3.05, 3.63) is 35.6 Å². The molecule has 2 fully saturated rings. The van der Waals surface area contributed by atoms with E-state index in [1.807, 2.05) is 0 Å². The smallest absolute Gasteiger partial charge is 0.207 e. The van der Waals surface area contributed by atoms with Crippen molar-refractivity contribution < 1.29 is 13.2 Å². The second-order valence-corrected chi connectivity index (χ2v) is 7.97. The second-order valence-electron chi connectivity index (χ2n) is 7.97. The van der Waals surface area contributed by atoms with E-state index in [0.717, 1.165) is 43.6 Å². The normalized spacial score (nSPS) is 33.3. The molecule has 0 nitrogen and oxygen atoms in total. The summed E-state index contributed by atoms with van der Waals surface area (Å²) >= 11 is 0. The first-order valence-corrected chi connectivity index (χ1v) is 9.63. The first kappa shape index (κ1) is 17.8. The van der Waals surface area contributed by atoms with Gasteiger partial charge >= 0.3 is 0 Å². The first-order chi connectivity index (χ1) is 11.5. The molecule has 3 heteroatoms. The Balaban J connectivity index is 1.61. The molecular formula is C21H29F3. The van der Waals surface area contributed by atoms with Gasteiger partial charge in [-0.2, -0.15) is 0 Å². The predicted molar refractivity (Wildman–Crippen MR) is 91.8 cm³/mol. The molecule has 0 saturated heterocycles. The fourth-order valence-electron chi connectivity index (χ4n) is 5.06. The van der Waals surface area contributed by atoms with Gasteiger partial charge in [0.1, 0.15) is 5.82 Å². The first-order valence-electron chi connectivity index (χ1n) is 9.63. The Kier molecular flexibility index (Phi) is 5.56. The highest BCUT2D eigenvalue weighted by molar-refractivity contribution is 5.22. The van der Waals surface area contributed by atoms with Crippen molar-refractivity contribution >= 4 is 0 Å². The molecule has 3 rings (SSSR count). The lowest BCUT2D eigenvalue weighted by Gasteiger charge is -2.42. The highest BCUT2D eigenvalue weighted by atomic mass is 19.3. The quantitative estimate of drug-likeness (QED) is 0.557. The molecule has 0 amide bonds. The van der Waals surface area contributed by atoms with Crippen molar-refractivity contribution in [1.82, 2.24) is 0 Å². The van der Waals surface area contributed by atoms with Crippen LogP contribution in [0.2, 0.25) is 0 Å². The van der Waals surface area contributed by atoms with Crippen molar-refractivity contribution in [2.45, 2.75) is 76.6 Å². The van der Waals surface area contributed by atoms with Gasteiger partial charge in [-0.05, 0) is 61.1 Å². The van der Waals surface area contributed by atoms with Crippen LogP contribution in [-0.4, -0.2) is 5.92 Å². The maximum absolute atomic E-state index is 14.8. The lowest BCUT2D eigenvalue weighted by Crippen LogP contribution is -2.40. The SMILES string of the molecule is CCCC1CCC([C@H]2CC[C@H](c3ccc(F)cc3)CC2(F)F)CC1. The summed E-state index contributed by atoms with van der Waals surface area (Å²) in [5.41, 5.74) is 0.862. The standard InChI is InChI=1S/C21H29F3/c1-2-3-15-4-6-17(7-5-15)20-13-10-18(14-21(20,23)24)16-8-11-19(22)12-9-16/h8-9,11-12,15,17-18,20H,2-7,10,13-14H2,1H3/t15?,17?,18-,20+/m0/s1.